The number of hydrogen-bond acceptors (Lipinski definition) is 3. The third-order valence-electron chi connectivity index (χ3n) is 2.67. The topological polar surface area (TPSA) is 51.2 Å². The smallest absolute Gasteiger partial charge is 0.163 e. The van der Waals surface area contributed by atoms with Crippen LogP contribution >= 0.6 is 0 Å². The van der Waals surface area contributed by atoms with Gasteiger partial charge in [0, 0.05) is 11.1 Å². The molecule has 0 aliphatic rings. The van der Waals surface area contributed by atoms with Gasteiger partial charge in [-0.25, -0.2) is 14.2 Å². The maximum Gasteiger partial charge on any atom is 0.163 e. The van der Waals surface area contributed by atoms with E-state index in [4.69, 9.17) is 10.3 Å². The number of hydrazine groups is 1. The Labute approximate surface area is 97.2 Å². The summed E-state index contributed by atoms with van der Waals surface area (Å²) in [5, 5.41) is 0. The van der Waals surface area contributed by atoms with Crippen LogP contribution in [0.25, 0.3) is 0 Å². The SMILES string of the molecule is Cc1occc1C(NN)c1cccc(F)c1F. The molecule has 0 aliphatic heterocycles. The molecule has 3 nitrogen and oxygen atoms in total. The van der Waals surface area contributed by atoms with Crippen molar-refractivity contribution in [3.63, 3.8) is 0 Å². The van der Waals surface area contributed by atoms with Crippen LogP contribution in [0.3, 0.4) is 0 Å². The van der Waals surface area contributed by atoms with Crippen molar-refractivity contribution in [2.45, 2.75) is 13.0 Å². The minimum absolute atomic E-state index is 0.150. The maximum absolute atomic E-state index is 13.7. The summed E-state index contributed by atoms with van der Waals surface area (Å²) in [7, 11) is 0. The predicted molar refractivity (Wildman–Crippen MR) is 59.0 cm³/mol. The van der Waals surface area contributed by atoms with E-state index in [9.17, 15) is 8.78 Å². The van der Waals surface area contributed by atoms with Crippen LogP contribution in [0.4, 0.5) is 8.78 Å². The molecular weight excluding hydrogens is 226 g/mol. The van der Waals surface area contributed by atoms with Crippen molar-refractivity contribution in [1.29, 1.82) is 0 Å². The van der Waals surface area contributed by atoms with E-state index in [0.29, 0.717) is 11.3 Å². The first-order valence-electron chi connectivity index (χ1n) is 5.09. The Morgan fingerprint density at radius 2 is 2.00 bits per heavy atom. The molecular formula is C12H12F2N2O. The highest BCUT2D eigenvalue weighted by Crippen LogP contribution is 2.27. The minimum Gasteiger partial charge on any atom is -0.469 e. The van der Waals surface area contributed by atoms with Crippen LogP contribution < -0.4 is 11.3 Å². The fourth-order valence-corrected chi connectivity index (χ4v) is 1.78. The summed E-state index contributed by atoms with van der Waals surface area (Å²) in [5.41, 5.74) is 3.29. The first-order chi connectivity index (χ1) is 8.15. The van der Waals surface area contributed by atoms with Crippen LogP contribution in [-0.2, 0) is 0 Å². The van der Waals surface area contributed by atoms with Gasteiger partial charge >= 0.3 is 0 Å². The first kappa shape index (κ1) is 11.8. The number of hydrogen-bond donors (Lipinski definition) is 2. The molecule has 1 atom stereocenters. The molecule has 0 saturated heterocycles. The van der Waals surface area contributed by atoms with Crippen LogP contribution in [0.1, 0.15) is 22.9 Å². The fraction of sp³-hybridized carbons (Fsp3) is 0.167. The standard InChI is InChI=1S/C12H12F2N2O/c1-7-8(5-6-17-7)12(16-15)9-3-2-4-10(13)11(9)14/h2-6,12,16H,15H2,1H3. The molecule has 0 aliphatic carbocycles. The Morgan fingerprint density at radius 1 is 1.24 bits per heavy atom. The van der Waals surface area contributed by atoms with Crippen molar-refractivity contribution in [3.05, 3.63) is 59.1 Å². The predicted octanol–water partition coefficient (Wildman–Crippen LogP) is 2.42. The molecule has 2 aromatic rings. The van der Waals surface area contributed by atoms with E-state index in [0.717, 1.165) is 6.07 Å². The van der Waals surface area contributed by atoms with Crippen LogP contribution in [0.15, 0.2) is 34.9 Å². The Morgan fingerprint density at radius 3 is 2.59 bits per heavy atom. The van der Waals surface area contributed by atoms with Gasteiger partial charge in [-0.1, -0.05) is 12.1 Å². The van der Waals surface area contributed by atoms with Crippen molar-refractivity contribution in [2.24, 2.45) is 5.84 Å². The van der Waals surface area contributed by atoms with Gasteiger partial charge in [0.2, 0.25) is 0 Å². The van der Waals surface area contributed by atoms with Crippen molar-refractivity contribution < 1.29 is 13.2 Å². The summed E-state index contributed by atoms with van der Waals surface area (Å²) in [6, 6.07) is 5.02. The average molecular weight is 238 g/mol. The summed E-state index contributed by atoms with van der Waals surface area (Å²) >= 11 is 0. The zero-order chi connectivity index (χ0) is 12.4. The highest BCUT2D eigenvalue weighted by atomic mass is 19.2. The highest BCUT2D eigenvalue weighted by molar-refractivity contribution is 5.33. The lowest BCUT2D eigenvalue weighted by Crippen LogP contribution is -2.29. The number of halogens is 2. The van der Waals surface area contributed by atoms with E-state index in [-0.39, 0.29) is 5.56 Å². The van der Waals surface area contributed by atoms with Gasteiger partial charge in [-0.15, -0.1) is 0 Å². The van der Waals surface area contributed by atoms with Gasteiger partial charge < -0.3 is 4.42 Å². The van der Waals surface area contributed by atoms with Crippen LogP contribution in [0.5, 0.6) is 0 Å². The molecule has 5 heteroatoms. The van der Waals surface area contributed by atoms with Gasteiger partial charge in [-0.3, -0.25) is 5.84 Å². The minimum atomic E-state index is -0.906. The second kappa shape index (κ2) is 4.65. The lowest BCUT2D eigenvalue weighted by molar-refractivity contribution is 0.478. The summed E-state index contributed by atoms with van der Waals surface area (Å²) in [6.45, 7) is 1.73. The normalized spacial score (nSPS) is 12.7. The molecule has 1 unspecified atom stereocenters. The Kier molecular flexibility index (Phi) is 3.21. The summed E-state index contributed by atoms with van der Waals surface area (Å²) < 4.78 is 31.9. The number of rotatable bonds is 3. The monoisotopic (exact) mass is 238 g/mol. The third kappa shape index (κ3) is 2.07. The summed E-state index contributed by atoms with van der Waals surface area (Å²) in [4.78, 5) is 0. The highest BCUT2D eigenvalue weighted by Gasteiger charge is 2.21. The quantitative estimate of drug-likeness (QED) is 0.637. The number of nitrogens with one attached hydrogen (secondary N) is 1. The van der Waals surface area contributed by atoms with Gasteiger partial charge in [0.15, 0.2) is 11.6 Å². The second-order valence-electron chi connectivity index (χ2n) is 3.67. The van der Waals surface area contributed by atoms with Gasteiger partial charge in [-0.2, -0.15) is 0 Å². The van der Waals surface area contributed by atoms with E-state index in [1.165, 1.54) is 18.4 Å². The zero-order valence-electron chi connectivity index (χ0n) is 9.21. The molecule has 3 N–H and O–H groups in total. The Hall–Kier alpha value is -1.72. The molecule has 1 aromatic heterocycles. The fourth-order valence-electron chi connectivity index (χ4n) is 1.78. The third-order valence-corrected chi connectivity index (χ3v) is 2.67. The number of nitrogens with two attached hydrogens (primary N) is 1. The Balaban J connectivity index is 2.50. The van der Waals surface area contributed by atoms with Crippen molar-refractivity contribution in [1.82, 2.24) is 5.43 Å². The molecule has 0 spiro atoms. The number of benzene rings is 1. The van der Waals surface area contributed by atoms with Gasteiger partial charge in [0.1, 0.15) is 5.76 Å². The number of aryl methyl sites for hydroxylation is 1. The van der Waals surface area contributed by atoms with Crippen molar-refractivity contribution >= 4 is 0 Å². The molecule has 1 heterocycles. The molecule has 0 amide bonds. The molecule has 17 heavy (non-hydrogen) atoms. The van der Waals surface area contributed by atoms with Gasteiger partial charge in [0.05, 0.1) is 12.3 Å². The van der Waals surface area contributed by atoms with Crippen molar-refractivity contribution in [2.75, 3.05) is 0 Å². The van der Waals surface area contributed by atoms with Crippen LogP contribution in [0.2, 0.25) is 0 Å². The van der Waals surface area contributed by atoms with E-state index in [1.54, 1.807) is 13.0 Å². The first-order valence-corrected chi connectivity index (χ1v) is 5.09. The van der Waals surface area contributed by atoms with E-state index in [2.05, 4.69) is 5.43 Å². The van der Waals surface area contributed by atoms with Gasteiger partial charge in [0.25, 0.3) is 0 Å². The lowest BCUT2D eigenvalue weighted by Gasteiger charge is -2.16. The van der Waals surface area contributed by atoms with E-state index in [1.807, 2.05) is 0 Å². The zero-order valence-corrected chi connectivity index (χ0v) is 9.21. The molecule has 2 rings (SSSR count). The maximum atomic E-state index is 13.7. The molecule has 0 bridgehead atoms. The molecule has 0 fully saturated rings. The van der Waals surface area contributed by atoms with Crippen LogP contribution in [0, 0.1) is 18.6 Å². The van der Waals surface area contributed by atoms with E-state index >= 15 is 0 Å². The Bertz CT molecular complexity index is 525. The van der Waals surface area contributed by atoms with Gasteiger partial charge in [-0.05, 0) is 19.1 Å². The van der Waals surface area contributed by atoms with Crippen molar-refractivity contribution in [3.8, 4) is 0 Å². The lowest BCUT2D eigenvalue weighted by atomic mass is 9.99. The second-order valence-corrected chi connectivity index (χ2v) is 3.67. The summed E-state index contributed by atoms with van der Waals surface area (Å²) in [5.74, 6) is 4.21. The molecule has 90 valence electrons. The summed E-state index contributed by atoms with van der Waals surface area (Å²) in [6.07, 6.45) is 1.48. The van der Waals surface area contributed by atoms with Crippen LogP contribution in [-0.4, -0.2) is 0 Å². The molecule has 1 aromatic carbocycles. The molecule has 0 radical (unpaired) electrons. The average Bonchev–Trinajstić information content (AvgIpc) is 2.72. The number of furan rings is 1. The van der Waals surface area contributed by atoms with E-state index < -0.39 is 17.7 Å². The largest absolute Gasteiger partial charge is 0.469 e. The molecule has 0 saturated carbocycles.